The van der Waals surface area contributed by atoms with Crippen molar-refractivity contribution in [3.8, 4) is 5.75 Å². The Hall–Kier alpha value is -3.54. The summed E-state index contributed by atoms with van der Waals surface area (Å²) >= 11 is 0. The Morgan fingerprint density at radius 3 is 2.63 bits per heavy atom. The molecule has 0 aliphatic carbocycles. The van der Waals surface area contributed by atoms with Crippen molar-refractivity contribution in [2.75, 3.05) is 13.7 Å². The Balaban J connectivity index is 1.80. The smallest absolute Gasteiger partial charge is 0.290 e. The molecule has 1 atom stereocenters. The number of furan rings is 1. The molecule has 0 fully saturated rings. The van der Waals surface area contributed by atoms with Gasteiger partial charge in [0.25, 0.3) is 5.91 Å². The lowest BCUT2D eigenvalue weighted by Gasteiger charge is -2.26. The predicted molar refractivity (Wildman–Crippen MR) is 113 cm³/mol. The van der Waals surface area contributed by atoms with Gasteiger partial charge in [0, 0.05) is 11.9 Å². The van der Waals surface area contributed by atoms with E-state index in [1.54, 1.807) is 23.1 Å². The quantitative estimate of drug-likeness (QED) is 0.570. The van der Waals surface area contributed by atoms with E-state index >= 15 is 0 Å². The highest BCUT2D eigenvalue weighted by Crippen LogP contribution is 2.40. The summed E-state index contributed by atoms with van der Waals surface area (Å²) in [5, 5.41) is 11.4. The van der Waals surface area contributed by atoms with Crippen LogP contribution in [0.25, 0.3) is 11.0 Å². The molecule has 1 aliphatic heterocycles. The van der Waals surface area contributed by atoms with Gasteiger partial charge in [0.05, 0.1) is 18.7 Å². The molecule has 0 saturated heterocycles. The van der Waals surface area contributed by atoms with E-state index in [1.165, 1.54) is 7.11 Å². The Morgan fingerprint density at radius 1 is 1.17 bits per heavy atom. The van der Waals surface area contributed by atoms with Crippen molar-refractivity contribution >= 4 is 22.7 Å². The van der Waals surface area contributed by atoms with Crippen molar-refractivity contribution in [2.45, 2.75) is 25.8 Å². The average molecular weight is 405 g/mol. The van der Waals surface area contributed by atoms with E-state index in [4.69, 9.17) is 9.15 Å². The molecule has 154 valence electrons. The van der Waals surface area contributed by atoms with E-state index in [0.29, 0.717) is 23.3 Å². The molecule has 1 aromatic heterocycles. The molecule has 2 heterocycles. The third kappa shape index (κ3) is 3.24. The molecular weight excluding hydrogens is 382 g/mol. The maximum atomic E-state index is 13.4. The van der Waals surface area contributed by atoms with E-state index in [2.05, 4.69) is 0 Å². The number of benzene rings is 2. The lowest BCUT2D eigenvalue weighted by atomic mass is 9.95. The summed E-state index contributed by atoms with van der Waals surface area (Å²) in [6.07, 6.45) is 1.66. The molecule has 6 heteroatoms. The molecule has 3 aromatic rings. The molecule has 1 unspecified atom stereocenters. The normalized spacial score (nSPS) is 16.5. The molecule has 0 spiro atoms. The highest BCUT2D eigenvalue weighted by molar-refractivity contribution is 6.16. The summed E-state index contributed by atoms with van der Waals surface area (Å²) in [6.45, 7) is 2.48. The van der Waals surface area contributed by atoms with Crippen LogP contribution in [0, 0.1) is 0 Å². The number of methoxy groups -OCH3 is 1. The van der Waals surface area contributed by atoms with E-state index in [9.17, 15) is 14.7 Å². The standard InChI is InChI=1S/C24H23NO5/c1-3-4-13-25-20(15-9-6-5-7-10-15)19(22(27)24(25)28)21(26)18-14-16-11-8-12-17(29-2)23(16)30-18/h5-12,14,20,27H,3-4,13H2,1-2H3. The number of para-hydroxylation sites is 1. The SMILES string of the molecule is CCCCN1C(=O)C(O)=C(C(=O)c2cc3cccc(OC)c3o2)C1c1ccccc1. The zero-order valence-corrected chi connectivity index (χ0v) is 16.9. The van der Waals surface area contributed by atoms with Crippen LogP contribution >= 0.6 is 0 Å². The van der Waals surface area contributed by atoms with Gasteiger partial charge in [0.1, 0.15) is 0 Å². The number of Topliss-reactive ketones (excluding diaryl/α,β-unsaturated/α-hetero) is 1. The molecule has 0 saturated carbocycles. The van der Waals surface area contributed by atoms with Crippen LogP contribution in [0.3, 0.4) is 0 Å². The van der Waals surface area contributed by atoms with E-state index in [1.807, 2.05) is 43.3 Å². The fourth-order valence-electron chi connectivity index (χ4n) is 3.87. The Kier molecular flexibility index (Phi) is 5.31. The fourth-order valence-corrected chi connectivity index (χ4v) is 3.87. The minimum atomic E-state index is -0.659. The third-order valence-electron chi connectivity index (χ3n) is 5.37. The van der Waals surface area contributed by atoms with Crippen molar-refractivity contribution in [1.29, 1.82) is 0 Å². The monoisotopic (exact) mass is 405 g/mol. The first kappa shape index (κ1) is 19.8. The number of carbonyl (C=O) groups is 2. The maximum absolute atomic E-state index is 13.4. The van der Waals surface area contributed by atoms with Crippen molar-refractivity contribution in [1.82, 2.24) is 4.90 Å². The zero-order valence-electron chi connectivity index (χ0n) is 16.9. The maximum Gasteiger partial charge on any atom is 0.290 e. The Bertz CT molecular complexity index is 1130. The van der Waals surface area contributed by atoms with Gasteiger partial charge in [0.2, 0.25) is 5.78 Å². The van der Waals surface area contributed by atoms with Gasteiger partial charge in [-0.25, -0.2) is 0 Å². The third-order valence-corrected chi connectivity index (χ3v) is 5.37. The van der Waals surface area contributed by atoms with Crippen molar-refractivity contribution in [2.24, 2.45) is 0 Å². The van der Waals surface area contributed by atoms with Crippen LogP contribution in [0.2, 0.25) is 0 Å². The second-order valence-corrected chi connectivity index (χ2v) is 7.25. The molecule has 2 aromatic carbocycles. The van der Waals surface area contributed by atoms with Gasteiger partial charge in [0.15, 0.2) is 22.9 Å². The largest absolute Gasteiger partial charge is 0.503 e. The van der Waals surface area contributed by atoms with Gasteiger partial charge in [-0.3, -0.25) is 9.59 Å². The Morgan fingerprint density at radius 2 is 1.93 bits per heavy atom. The van der Waals surface area contributed by atoms with Crippen molar-refractivity contribution in [3.05, 3.63) is 77.3 Å². The molecule has 4 rings (SSSR count). The molecule has 0 radical (unpaired) electrons. The minimum Gasteiger partial charge on any atom is -0.503 e. The lowest BCUT2D eigenvalue weighted by Crippen LogP contribution is -2.32. The van der Waals surface area contributed by atoms with Crippen molar-refractivity contribution in [3.63, 3.8) is 0 Å². The van der Waals surface area contributed by atoms with Gasteiger partial charge in [-0.05, 0) is 24.1 Å². The first-order chi connectivity index (χ1) is 14.6. The average Bonchev–Trinajstić information content (AvgIpc) is 3.32. The second-order valence-electron chi connectivity index (χ2n) is 7.25. The summed E-state index contributed by atoms with van der Waals surface area (Å²) in [5.41, 5.74) is 1.26. The molecule has 30 heavy (non-hydrogen) atoms. The van der Waals surface area contributed by atoms with Gasteiger partial charge in [-0.15, -0.1) is 0 Å². The zero-order chi connectivity index (χ0) is 21.3. The van der Waals surface area contributed by atoms with Crippen LogP contribution in [0.4, 0.5) is 0 Å². The molecule has 1 amide bonds. The minimum absolute atomic E-state index is 0.0420. The van der Waals surface area contributed by atoms with Crippen LogP contribution in [-0.4, -0.2) is 35.4 Å². The van der Waals surface area contributed by atoms with Crippen LogP contribution < -0.4 is 4.74 Å². The highest BCUT2D eigenvalue weighted by atomic mass is 16.5. The number of rotatable bonds is 7. The summed E-state index contributed by atoms with van der Waals surface area (Å²) in [5.74, 6) is -0.989. The summed E-state index contributed by atoms with van der Waals surface area (Å²) < 4.78 is 11.1. The highest BCUT2D eigenvalue weighted by Gasteiger charge is 2.44. The number of hydrogen-bond donors (Lipinski definition) is 1. The number of ether oxygens (including phenoxy) is 1. The van der Waals surface area contributed by atoms with Gasteiger partial charge >= 0.3 is 0 Å². The van der Waals surface area contributed by atoms with Gasteiger partial charge in [-0.2, -0.15) is 0 Å². The number of amides is 1. The van der Waals surface area contributed by atoms with Crippen LogP contribution in [0.1, 0.15) is 41.9 Å². The second kappa shape index (κ2) is 8.06. The molecule has 1 aliphatic rings. The van der Waals surface area contributed by atoms with E-state index < -0.39 is 23.5 Å². The number of nitrogens with zero attached hydrogens (tertiary/aromatic N) is 1. The number of fused-ring (bicyclic) bond motifs is 1. The molecule has 6 nitrogen and oxygen atoms in total. The summed E-state index contributed by atoms with van der Waals surface area (Å²) in [4.78, 5) is 27.8. The van der Waals surface area contributed by atoms with Crippen LogP contribution in [-0.2, 0) is 4.79 Å². The molecule has 1 N–H and O–H groups in total. The topological polar surface area (TPSA) is 80.0 Å². The number of ketones is 1. The number of hydrogen-bond acceptors (Lipinski definition) is 5. The van der Waals surface area contributed by atoms with Gasteiger partial charge in [-0.1, -0.05) is 55.8 Å². The molecular formula is C24H23NO5. The van der Waals surface area contributed by atoms with Crippen LogP contribution in [0.5, 0.6) is 5.75 Å². The summed E-state index contributed by atoms with van der Waals surface area (Å²) in [7, 11) is 1.53. The fraction of sp³-hybridized carbons (Fsp3) is 0.250. The number of unbranched alkanes of at least 4 members (excludes halogenated alkanes) is 1. The number of aliphatic hydroxyl groups is 1. The first-order valence-electron chi connectivity index (χ1n) is 9.97. The van der Waals surface area contributed by atoms with Crippen LogP contribution in [0.15, 0.2) is 70.3 Å². The Labute approximate surface area is 174 Å². The van der Waals surface area contributed by atoms with Gasteiger partial charge < -0.3 is 19.2 Å². The van der Waals surface area contributed by atoms with Crippen molar-refractivity contribution < 1.29 is 23.8 Å². The number of carbonyl (C=O) groups excluding carboxylic acids is 2. The molecule has 0 bridgehead atoms. The predicted octanol–water partition coefficient (Wildman–Crippen LogP) is 4.82. The van der Waals surface area contributed by atoms with E-state index in [0.717, 1.165) is 18.4 Å². The lowest BCUT2D eigenvalue weighted by molar-refractivity contribution is -0.129. The first-order valence-corrected chi connectivity index (χ1v) is 9.97. The summed E-state index contributed by atoms with van der Waals surface area (Å²) in [6, 6.07) is 15.6. The van der Waals surface area contributed by atoms with E-state index in [-0.39, 0.29) is 11.3 Å². The number of aliphatic hydroxyl groups excluding tert-OH is 1.